The Morgan fingerprint density at radius 2 is 1.81 bits per heavy atom. The molecule has 1 saturated heterocycles. The van der Waals surface area contributed by atoms with E-state index in [1.54, 1.807) is 12.1 Å². The van der Waals surface area contributed by atoms with Crippen LogP contribution in [-0.4, -0.2) is 57.9 Å². The molecule has 0 radical (unpaired) electrons. The number of tetrazole rings is 1. The van der Waals surface area contributed by atoms with Crippen LogP contribution in [0.1, 0.15) is 48.6 Å². The predicted molar refractivity (Wildman–Crippen MR) is 129 cm³/mol. The van der Waals surface area contributed by atoms with E-state index in [-0.39, 0.29) is 23.5 Å². The summed E-state index contributed by atoms with van der Waals surface area (Å²) in [7, 11) is 1.53. The zero-order valence-corrected chi connectivity index (χ0v) is 20.6. The van der Waals surface area contributed by atoms with Crippen molar-refractivity contribution in [3.05, 3.63) is 65.2 Å². The molecule has 3 aromatic rings. The van der Waals surface area contributed by atoms with E-state index in [0.717, 1.165) is 38.0 Å². The number of nitrogens with one attached hydrogen (secondary N) is 1. The Labute approximate surface area is 212 Å². The van der Waals surface area contributed by atoms with E-state index in [9.17, 15) is 17.6 Å². The van der Waals surface area contributed by atoms with E-state index in [1.807, 2.05) is 12.1 Å². The molecule has 1 N–H and O–H groups in total. The number of methoxy groups -OCH3 is 1. The molecular weight excluding hydrogens is 488 g/mol. The fourth-order valence-corrected chi connectivity index (χ4v) is 5.82. The molecule has 2 heterocycles. The predicted octanol–water partition coefficient (Wildman–Crippen LogP) is 4.58. The number of halogens is 4. The molecule has 2 aromatic carbocycles. The second-order valence-corrected chi connectivity index (χ2v) is 9.82. The Bertz CT molecular complexity index is 1190. The molecular formula is C26H30F4N6O. The highest BCUT2D eigenvalue weighted by Gasteiger charge is 2.39. The SMILES string of the molecule is COc1ccc(-n2nnnc2C(F)(F)F)cc1CNC1CCC(CN2CCCC2)C1c1ccc(F)cc1. The number of benzene rings is 2. The fraction of sp³-hybridized carbons (Fsp3) is 0.500. The Morgan fingerprint density at radius 1 is 1.05 bits per heavy atom. The number of nitrogens with zero attached hydrogens (tertiary/aromatic N) is 5. The fourth-order valence-electron chi connectivity index (χ4n) is 5.82. The standard InChI is InChI=1S/C26H30F4N6O/c1-37-23-11-9-21(36-25(26(28,29)30)32-33-34-36)14-19(23)15-31-22-10-6-18(16-35-12-2-3-13-35)24(22)17-4-7-20(27)8-5-17/h4-5,7-9,11,14,18,22,24,31H,2-3,6,10,12-13,15-16H2,1H3. The van der Waals surface area contributed by atoms with Gasteiger partial charge in [0.2, 0.25) is 0 Å². The van der Waals surface area contributed by atoms with Crippen molar-refractivity contribution < 1.29 is 22.3 Å². The lowest BCUT2D eigenvalue weighted by Crippen LogP contribution is -2.35. The van der Waals surface area contributed by atoms with Crippen LogP contribution in [0.5, 0.6) is 5.75 Å². The van der Waals surface area contributed by atoms with Gasteiger partial charge < -0.3 is 15.0 Å². The van der Waals surface area contributed by atoms with Gasteiger partial charge >= 0.3 is 6.18 Å². The smallest absolute Gasteiger partial charge is 0.453 e. The first-order valence-electron chi connectivity index (χ1n) is 12.6. The van der Waals surface area contributed by atoms with Gasteiger partial charge in [0.1, 0.15) is 11.6 Å². The Balaban J connectivity index is 1.37. The molecule has 1 aromatic heterocycles. The highest BCUT2D eigenvalue weighted by Crippen LogP contribution is 2.41. The molecule has 1 aliphatic heterocycles. The minimum Gasteiger partial charge on any atom is -0.496 e. The number of hydrogen-bond donors (Lipinski definition) is 1. The highest BCUT2D eigenvalue weighted by molar-refractivity contribution is 5.44. The van der Waals surface area contributed by atoms with E-state index in [4.69, 9.17) is 4.74 Å². The third-order valence-electron chi connectivity index (χ3n) is 7.52. The van der Waals surface area contributed by atoms with Crippen LogP contribution in [0.3, 0.4) is 0 Å². The van der Waals surface area contributed by atoms with Gasteiger partial charge in [-0.3, -0.25) is 0 Å². The first-order valence-corrected chi connectivity index (χ1v) is 12.6. The first-order chi connectivity index (χ1) is 17.8. The van der Waals surface area contributed by atoms with Crippen LogP contribution >= 0.6 is 0 Å². The molecule has 7 nitrogen and oxygen atoms in total. The molecule has 3 atom stereocenters. The molecule has 0 amide bonds. The number of aromatic nitrogens is 4. The molecule has 2 fully saturated rings. The number of likely N-dealkylation sites (tertiary alicyclic amines) is 1. The van der Waals surface area contributed by atoms with Crippen LogP contribution in [0.4, 0.5) is 17.6 Å². The Hall–Kier alpha value is -3.05. The van der Waals surface area contributed by atoms with Gasteiger partial charge in [-0.2, -0.15) is 17.9 Å². The summed E-state index contributed by atoms with van der Waals surface area (Å²) < 4.78 is 59.9. The number of ether oxygens (including phenoxy) is 1. The molecule has 0 bridgehead atoms. The second-order valence-electron chi connectivity index (χ2n) is 9.82. The van der Waals surface area contributed by atoms with Crippen LogP contribution in [0, 0.1) is 11.7 Å². The van der Waals surface area contributed by atoms with Crippen molar-refractivity contribution in [1.29, 1.82) is 0 Å². The first kappa shape index (κ1) is 25.6. The number of alkyl halides is 3. The van der Waals surface area contributed by atoms with Crippen molar-refractivity contribution in [3.8, 4) is 11.4 Å². The van der Waals surface area contributed by atoms with Crippen molar-refractivity contribution in [3.63, 3.8) is 0 Å². The number of rotatable bonds is 8. The van der Waals surface area contributed by atoms with Gasteiger partial charge in [-0.1, -0.05) is 12.1 Å². The molecule has 5 rings (SSSR count). The molecule has 198 valence electrons. The molecule has 3 unspecified atom stereocenters. The van der Waals surface area contributed by atoms with Gasteiger partial charge in [-0.15, -0.1) is 5.10 Å². The normalized spacial score (nSPS) is 22.6. The largest absolute Gasteiger partial charge is 0.496 e. The van der Waals surface area contributed by atoms with Crippen molar-refractivity contribution in [2.75, 3.05) is 26.7 Å². The highest BCUT2D eigenvalue weighted by atomic mass is 19.4. The van der Waals surface area contributed by atoms with Crippen molar-refractivity contribution >= 4 is 0 Å². The van der Waals surface area contributed by atoms with Gasteiger partial charge in [0.05, 0.1) is 12.8 Å². The average molecular weight is 519 g/mol. The minimum absolute atomic E-state index is 0.130. The van der Waals surface area contributed by atoms with E-state index < -0.39 is 12.0 Å². The summed E-state index contributed by atoms with van der Waals surface area (Å²) in [4.78, 5) is 2.51. The van der Waals surface area contributed by atoms with Crippen LogP contribution < -0.4 is 10.1 Å². The third kappa shape index (κ3) is 5.62. The summed E-state index contributed by atoms with van der Waals surface area (Å²) in [6.07, 6.45) is -0.231. The molecule has 1 saturated carbocycles. The van der Waals surface area contributed by atoms with Crippen LogP contribution in [0.2, 0.25) is 0 Å². The summed E-state index contributed by atoms with van der Waals surface area (Å²) in [6, 6.07) is 11.6. The minimum atomic E-state index is -4.68. The van der Waals surface area contributed by atoms with Gasteiger partial charge in [-0.05, 0) is 91.0 Å². The third-order valence-corrected chi connectivity index (χ3v) is 7.52. The average Bonchev–Trinajstić information content (AvgIpc) is 3.65. The van der Waals surface area contributed by atoms with Gasteiger partial charge in [0, 0.05) is 30.6 Å². The Morgan fingerprint density at radius 3 is 2.51 bits per heavy atom. The molecule has 2 aliphatic rings. The summed E-state index contributed by atoms with van der Waals surface area (Å²) >= 11 is 0. The summed E-state index contributed by atoms with van der Waals surface area (Å²) in [5, 5.41) is 13.5. The molecule has 11 heteroatoms. The zero-order chi connectivity index (χ0) is 26.0. The van der Waals surface area contributed by atoms with E-state index in [0.29, 0.717) is 28.5 Å². The lowest BCUT2D eigenvalue weighted by Gasteiger charge is -2.29. The van der Waals surface area contributed by atoms with E-state index in [2.05, 4.69) is 25.7 Å². The Kier molecular flexibility index (Phi) is 7.43. The van der Waals surface area contributed by atoms with E-state index in [1.165, 1.54) is 38.2 Å². The van der Waals surface area contributed by atoms with Crippen LogP contribution in [0.15, 0.2) is 42.5 Å². The lowest BCUT2D eigenvalue weighted by molar-refractivity contribution is -0.146. The molecule has 1 aliphatic carbocycles. The van der Waals surface area contributed by atoms with Crippen molar-refractivity contribution in [1.82, 2.24) is 30.4 Å². The molecule has 0 spiro atoms. The summed E-state index contributed by atoms with van der Waals surface area (Å²) in [5.74, 6) is -0.252. The van der Waals surface area contributed by atoms with Crippen molar-refractivity contribution in [2.24, 2.45) is 5.92 Å². The lowest BCUT2D eigenvalue weighted by atomic mass is 9.86. The van der Waals surface area contributed by atoms with E-state index >= 15 is 0 Å². The monoisotopic (exact) mass is 518 g/mol. The topological polar surface area (TPSA) is 68.1 Å². The van der Waals surface area contributed by atoms with Crippen LogP contribution in [-0.2, 0) is 12.7 Å². The maximum absolute atomic E-state index is 13.7. The summed E-state index contributed by atoms with van der Waals surface area (Å²) in [5.41, 5.74) is 2.00. The second kappa shape index (κ2) is 10.7. The maximum atomic E-state index is 13.7. The summed E-state index contributed by atoms with van der Waals surface area (Å²) in [6.45, 7) is 3.63. The quantitative estimate of drug-likeness (QED) is 0.441. The van der Waals surface area contributed by atoms with Gasteiger partial charge in [-0.25, -0.2) is 4.39 Å². The van der Waals surface area contributed by atoms with Gasteiger partial charge in [0.25, 0.3) is 5.82 Å². The van der Waals surface area contributed by atoms with Crippen LogP contribution in [0.25, 0.3) is 5.69 Å². The zero-order valence-electron chi connectivity index (χ0n) is 20.6. The number of hydrogen-bond acceptors (Lipinski definition) is 6. The van der Waals surface area contributed by atoms with Crippen molar-refractivity contribution in [2.45, 2.75) is 50.4 Å². The van der Waals surface area contributed by atoms with Gasteiger partial charge in [0.15, 0.2) is 0 Å². The maximum Gasteiger partial charge on any atom is 0.453 e. The molecule has 37 heavy (non-hydrogen) atoms.